The van der Waals surface area contributed by atoms with Gasteiger partial charge in [0.2, 0.25) is 0 Å². The molecule has 0 aliphatic carbocycles. The van der Waals surface area contributed by atoms with Crippen molar-refractivity contribution >= 4 is 29.1 Å². The van der Waals surface area contributed by atoms with Gasteiger partial charge in [0, 0.05) is 43.6 Å². The van der Waals surface area contributed by atoms with Crippen molar-refractivity contribution in [2.45, 2.75) is 32.3 Å². The Morgan fingerprint density at radius 3 is 2.59 bits per heavy atom. The molecule has 0 spiro atoms. The summed E-state index contributed by atoms with van der Waals surface area (Å²) in [5, 5.41) is 3.47. The summed E-state index contributed by atoms with van der Waals surface area (Å²) in [7, 11) is 0. The Bertz CT molecular complexity index is 817. The first-order valence-corrected chi connectivity index (χ1v) is 9.55. The average molecular weight is 387 g/mol. The molecule has 2 aromatic carbocycles. The number of carbonyl (C=O) groups excluding carboxylic acids is 2. The molecule has 6 heteroatoms. The van der Waals surface area contributed by atoms with E-state index >= 15 is 0 Å². The van der Waals surface area contributed by atoms with Crippen LogP contribution < -0.4 is 10.1 Å². The van der Waals surface area contributed by atoms with E-state index in [0.717, 1.165) is 12.8 Å². The normalized spacial score (nSPS) is 14.7. The van der Waals surface area contributed by atoms with Gasteiger partial charge in [0.15, 0.2) is 5.78 Å². The lowest BCUT2D eigenvalue weighted by atomic mass is 10.1. The number of amides is 2. The van der Waals surface area contributed by atoms with Crippen LogP contribution in [0.4, 0.5) is 10.5 Å². The zero-order chi connectivity index (χ0) is 19.2. The predicted octanol–water partition coefficient (Wildman–Crippen LogP) is 5.01. The molecule has 27 heavy (non-hydrogen) atoms. The molecule has 5 nitrogen and oxygen atoms in total. The van der Waals surface area contributed by atoms with Crippen LogP contribution in [-0.4, -0.2) is 35.9 Å². The van der Waals surface area contributed by atoms with E-state index in [9.17, 15) is 9.59 Å². The molecule has 1 aliphatic heterocycles. The highest BCUT2D eigenvalue weighted by atomic mass is 35.5. The van der Waals surface area contributed by atoms with Crippen LogP contribution >= 0.6 is 11.6 Å². The topological polar surface area (TPSA) is 58.6 Å². The Hall–Kier alpha value is -2.53. The first kappa shape index (κ1) is 19.2. The molecule has 1 aliphatic rings. The molecule has 1 saturated heterocycles. The summed E-state index contributed by atoms with van der Waals surface area (Å²) < 4.78 is 5.96. The number of nitrogens with zero attached hydrogens (tertiary/aromatic N) is 1. The fourth-order valence-corrected chi connectivity index (χ4v) is 3.25. The number of halogens is 1. The van der Waals surface area contributed by atoms with Gasteiger partial charge in [-0.15, -0.1) is 0 Å². The van der Waals surface area contributed by atoms with Gasteiger partial charge in [0.1, 0.15) is 11.9 Å². The number of hydrogen-bond acceptors (Lipinski definition) is 3. The molecule has 2 amide bonds. The summed E-state index contributed by atoms with van der Waals surface area (Å²) in [5.74, 6) is 0.739. The summed E-state index contributed by atoms with van der Waals surface area (Å²) in [5.41, 5.74) is 1.25. The lowest BCUT2D eigenvalue weighted by Crippen LogP contribution is -2.43. The minimum absolute atomic E-state index is 0.0412. The zero-order valence-electron chi connectivity index (χ0n) is 15.3. The van der Waals surface area contributed by atoms with Crippen LogP contribution in [0, 0.1) is 0 Å². The number of Topliss-reactive ketones (excluding diaryl/α,β-unsaturated/α-hetero) is 1. The van der Waals surface area contributed by atoms with E-state index in [0.29, 0.717) is 41.5 Å². The van der Waals surface area contributed by atoms with E-state index in [1.165, 1.54) is 0 Å². The van der Waals surface area contributed by atoms with Gasteiger partial charge in [-0.05, 0) is 24.3 Å². The summed E-state index contributed by atoms with van der Waals surface area (Å²) in [6, 6.07) is 14.3. The summed E-state index contributed by atoms with van der Waals surface area (Å²) in [4.78, 5) is 26.1. The van der Waals surface area contributed by atoms with Crippen molar-refractivity contribution in [1.82, 2.24) is 4.90 Å². The van der Waals surface area contributed by atoms with Gasteiger partial charge in [-0.25, -0.2) is 4.79 Å². The molecule has 1 heterocycles. The summed E-state index contributed by atoms with van der Waals surface area (Å²) >= 11 is 6.13. The molecule has 3 rings (SSSR count). The van der Waals surface area contributed by atoms with Gasteiger partial charge < -0.3 is 15.0 Å². The van der Waals surface area contributed by atoms with Gasteiger partial charge in [-0.1, -0.05) is 42.8 Å². The molecule has 0 saturated carbocycles. The fourth-order valence-electron chi connectivity index (χ4n) is 3.07. The maximum Gasteiger partial charge on any atom is 0.321 e. The van der Waals surface area contributed by atoms with Crippen molar-refractivity contribution in [2.75, 3.05) is 18.4 Å². The highest BCUT2D eigenvalue weighted by Crippen LogP contribution is 2.27. The van der Waals surface area contributed by atoms with E-state index < -0.39 is 0 Å². The van der Waals surface area contributed by atoms with Crippen LogP contribution in [-0.2, 0) is 0 Å². The van der Waals surface area contributed by atoms with Crippen LogP contribution in [0.3, 0.4) is 0 Å². The second-order valence-electron chi connectivity index (χ2n) is 6.52. The Morgan fingerprint density at radius 1 is 1.15 bits per heavy atom. The molecule has 0 radical (unpaired) electrons. The number of ketones is 1. The highest BCUT2D eigenvalue weighted by Gasteiger charge is 2.24. The van der Waals surface area contributed by atoms with Gasteiger partial charge in [-0.3, -0.25) is 4.79 Å². The standard InChI is InChI=1S/C21H23ClN2O3/c1-2-19(25)15-6-5-7-16(14-15)23-21(26)24-12-10-17(11-13-24)27-20-9-4-3-8-18(20)22/h3-9,14,17H,2,10-13H2,1H3,(H,23,26). The van der Waals surface area contributed by atoms with Crippen molar-refractivity contribution in [3.05, 3.63) is 59.1 Å². The molecule has 0 aromatic heterocycles. The molecule has 0 bridgehead atoms. The lowest BCUT2D eigenvalue weighted by molar-refractivity contribution is 0.0988. The average Bonchev–Trinajstić information content (AvgIpc) is 2.70. The van der Waals surface area contributed by atoms with Gasteiger partial charge >= 0.3 is 6.03 Å². The van der Waals surface area contributed by atoms with E-state index in [4.69, 9.17) is 16.3 Å². The Labute approximate surface area is 164 Å². The Balaban J connectivity index is 1.53. The van der Waals surface area contributed by atoms with Crippen molar-refractivity contribution in [3.63, 3.8) is 0 Å². The highest BCUT2D eigenvalue weighted by molar-refractivity contribution is 6.32. The minimum Gasteiger partial charge on any atom is -0.489 e. The monoisotopic (exact) mass is 386 g/mol. The third-order valence-electron chi connectivity index (χ3n) is 4.62. The molecular formula is C21H23ClN2O3. The minimum atomic E-state index is -0.160. The van der Waals surface area contributed by atoms with E-state index in [2.05, 4.69) is 5.32 Å². The lowest BCUT2D eigenvalue weighted by Gasteiger charge is -2.32. The van der Waals surface area contributed by atoms with Crippen LogP contribution in [0.5, 0.6) is 5.75 Å². The number of hydrogen-bond donors (Lipinski definition) is 1. The quantitative estimate of drug-likeness (QED) is 0.735. The SMILES string of the molecule is CCC(=O)c1cccc(NC(=O)N2CCC(Oc3ccccc3Cl)CC2)c1. The third kappa shape index (κ3) is 5.01. The van der Waals surface area contributed by atoms with Gasteiger partial charge in [0.05, 0.1) is 5.02 Å². The fraction of sp³-hybridized carbons (Fsp3) is 0.333. The summed E-state index contributed by atoms with van der Waals surface area (Å²) in [6.07, 6.45) is 1.97. The maximum absolute atomic E-state index is 12.5. The zero-order valence-corrected chi connectivity index (χ0v) is 16.0. The van der Waals surface area contributed by atoms with Gasteiger partial charge in [0.25, 0.3) is 0 Å². The van der Waals surface area contributed by atoms with Crippen LogP contribution in [0.15, 0.2) is 48.5 Å². The van der Waals surface area contributed by atoms with Gasteiger partial charge in [-0.2, -0.15) is 0 Å². The Kier molecular flexibility index (Phi) is 6.35. The van der Waals surface area contributed by atoms with Crippen molar-refractivity contribution in [1.29, 1.82) is 0 Å². The van der Waals surface area contributed by atoms with E-state index in [1.54, 1.807) is 35.2 Å². The van der Waals surface area contributed by atoms with E-state index in [-0.39, 0.29) is 17.9 Å². The van der Waals surface area contributed by atoms with E-state index in [1.807, 2.05) is 25.1 Å². The maximum atomic E-state index is 12.5. The molecule has 0 unspecified atom stereocenters. The van der Waals surface area contributed by atoms with Crippen molar-refractivity contribution in [3.8, 4) is 5.75 Å². The smallest absolute Gasteiger partial charge is 0.321 e. The molecule has 1 fully saturated rings. The molecule has 142 valence electrons. The molecular weight excluding hydrogens is 364 g/mol. The second-order valence-corrected chi connectivity index (χ2v) is 6.93. The van der Waals surface area contributed by atoms with Crippen LogP contribution in [0.2, 0.25) is 5.02 Å². The number of piperidine rings is 1. The summed E-state index contributed by atoms with van der Waals surface area (Å²) in [6.45, 7) is 3.03. The van der Waals surface area contributed by atoms with Crippen LogP contribution in [0.25, 0.3) is 0 Å². The van der Waals surface area contributed by atoms with Crippen LogP contribution in [0.1, 0.15) is 36.5 Å². The second kappa shape index (κ2) is 8.91. The first-order chi connectivity index (χ1) is 13.1. The number of benzene rings is 2. The van der Waals surface area contributed by atoms with Crippen molar-refractivity contribution < 1.29 is 14.3 Å². The first-order valence-electron chi connectivity index (χ1n) is 9.17. The molecule has 2 aromatic rings. The molecule has 0 atom stereocenters. The number of likely N-dealkylation sites (tertiary alicyclic amines) is 1. The molecule has 1 N–H and O–H groups in total. The number of carbonyl (C=O) groups is 2. The number of ether oxygens (including phenoxy) is 1. The third-order valence-corrected chi connectivity index (χ3v) is 4.93. The predicted molar refractivity (Wildman–Crippen MR) is 107 cm³/mol. The number of urea groups is 1. The largest absolute Gasteiger partial charge is 0.489 e. The number of rotatable bonds is 5. The number of para-hydroxylation sites is 1. The number of nitrogens with one attached hydrogen (secondary N) is 1. The Morgan fingerprint density at radius 2 is 1.89 bits per heavy atom. The van der Waals surface area contributed by atoms with Crippen molar-refractivity contribution in [2.24, 2.45) is 0 Å². The number of anilines is 1.